The van der Waals surface area contributed by atoms with E-state index in [2.05, 4.69) is 5.32 Å². The van der Waals surface area contributed by atoms with Crippen molar-refractivity contribution in [1.82, 2.24) is 10.2 Å². The summed E-state index contributed by atoms with van der Waals surface area (Å²) in [4.78, 5) is 27.1. The number of halogens is 3. The summed E-state index contributed by atoms with van der Waals surface area (Å²) in [5.41, 5.74) is 0.155. The van der Waals surface area contributed by atoms with E-state index in [9.17, 15) is 22.8 Å². The summed E-state index contributed by atoms with van der Waals surface area (Å²) in [6.07, 6.45) is -4.42. The van der Waals surface area contributed by atoms with Crippen LogP contribution >= 0.6 is 0 Å². The molecule has 2 aliphatic rings. The third-order valence-electron chi connectivity index (χ3n) is 5.58. The van der Waals surface area contributed by atoms with Gasteiger partial charge in [0.2, 0.25) is 0 Å². The Bertz CT molecular complexity index is 1060. The summed E-state index contributed by atoms with van der Waals surface area (Å²) in [5.74, 6) is 0.191. The van der Waals surface area contributed by atoms with Crippen LogP contribution in [-0.4, -0.2) is 47.7 Å². The maximum atomic E-state index is 13.3. The zero-order valence-electron chi connectivity index (χ0n) is 18.5. The highest BCUT2D eigenvalue weighted by Gasteiger charge is 2.40. The Morgan fingerprint density at radius 3 is 2.39 bits per heavy atom. The van der Waals surface area contributed by atoms with E-state index < -0.39 is 23.4 Å². The van der Waals surface area contributed by atoms with Gasteiger partial charge in [0.05, 0.1) is 23.2 Å². The van der Waals surface area contributed by atoms with Crippen molar-refractivity contribution in [3.8, 4) is 16.9 Å². The monoisotopic (exact) mass is 462 g/mol. The molecule has 2 aromatic rings. The first-order chi connectivity index (χ1) is 15.4. The Morgan fingerprint density at radius 1 is 1.09 bits per heavy atom. The quantitative estimate of drug-likeness (QED) is 0.691. The molecule has 176 valence electrons. The first-order valence-electron chi connectivity index (χ1n) is 10.7. The highest BCUT2D eigenvalue weighted by atomic mass is 19.4. The lowest BCUT2D eigenvalue weighted by atomic mass is 10.0. The summed E-state index contributed by atoms with van der Waals surface area (Å²) >= 11 is 0. The number of fused-ring (bicyclic) bond motifs is 2. The molecule has 1 fully saturated rings. The van der Waals surface area contributed by atoms with Gasteiger partial charge in [0.1, 0.15) is 18.0 Å². The van der Waals surface area contributed by atoms with Crippen LogP contribution < -0.4 is 10.1 Å². The van der Waals surface area contributed by atoms with Crippen LogP contribution in [0.5, 0.6) is 5.75 Å². The lowest BCUT2D eigenvalue weighted by Gasteiger charge is -2.22. The fraction of sp³-hybridized carbons (Fsp3) is 0.417. The lowest BCUT2D eigenvalue weighted by molar-refractivity contribution is -0.137. The van der Waals surface area contributed by atoms with Crippen molar-refractivity contribution in [2.75, 3.05) is 13.2 Å². The van der Waals surface area contributed by atoms with Gasteiger partial charge < -0.3 is 19.7 Å². The van der Waals surface area contributed by atoms with Gasteiger partial charge in [0.15, 0.2) is 0 Å². The molecular weight excluding hydrogens is 437 g/mol. The molecule has 2 amide bonds. The van der Waals surface area contributed by atoms with Crippen LogP contribution in [0.1, 0.15) is 43.1 Å². The van der Waals surface area contributed by atoms with Gasteiger partial charge in [-0.25, -0.2) is 4.79 Å². The molecule has 2 atom stereocenters. The molecule has 2 aromatic carbocycles. The predicted molar refractivity (Wildman–Crippen MR) is 115 cm³/mol. The Morgan fingerprint density at radius 2 is 1.76 bits per heavy atom. The number of ether oxygens (including phenoxy) is 2. The van der Waals surface area contributed by atoms with Crippen molar-refractivity contribution in [3.05, 3.63) is 53.6 Å². The van der Waals surface area contributed by atoms with Crippen molar-refractivity contribution >= 4 is 12.0 Å². The fourth-order valence-corrected chi connectivity index (χ4v) is 4.10. The van der Waals surface area contributed by atoms with Gasteiger partial charge in [0.25, 0.3) is 5.91 Å². The molecule has 4 rings (SSSR count). The number of rotatable bonds is 2. The smallest absolute Gasteiger partial charge is 0.416 e. The van der Waals surface area contributed by atoms with Gasteiger partial charge in [-0.3, -0.25) is 4.79 Å². The molecule has 0 bridgehead atoms. The van der Waals surface area contributed by atoms with Crippen molar-refractivity contribution in [3.63, 3.8) is 0 Å². The maximum absolute atomic E-state index is 13.3. The Balaban J connectivity index is 1.52. The molecule has 33 heavy (non-hydrogen) atoms. The summed E-state index contributed by atoms with van der Waals surface area (Å²) < 4.78 is 49.7. The third-order valence-corrected chi connectivity index (χ3v) is 5.58. The molecule has 2 heterocycles. The minimum Gasteiger partial charge on any atom is -0.491 e. The van der Waals surface area contributed by atoms with Crippen molar-refractivity contribution in [1.29, 1.82) is 0 Å². The molecule has 0 aromatic heterocycles. The van der Waals surface area contributed by atoms with E-state index in [-0.39, 0.29) is 24.6 Å². The summed E-state index contributed by atoms with van der Waals surface area (Å²) in [7, 11) is 0. The van der Waals surface area contributed by atoms with Crippen molar-refractivity contribution in [2.45, 2.75) is 51.1 Å². The molecule has 1 saturated heterocycles. The first-order valence-corrected chi connectivity index (χ1v) is 10.7. The van der Waals surface area contributed by atoms with E-state index in [0.29, 0.717) is 35.4 Å². The number of nitrogens with zero attached hydrogens (tertiary/aromatic N) is 1. The second kappa shape index (κ2) is 8.28. The van der Waals surface area contributed by atoms with Gasteiger partial charge in [0, 0.05) is 6.54 Å². The molecule has 0 spiro atoms. The van der Waals surface area contributed by atoms with Gasteiger partial charge in [-0.15, -0.1) is 0 Å². The van der Waals surface area contributed by atoms with Crippen LogP contribution in [0.15, 0.2) is 42.5 Å². The number of carbonyl (C=O) groups is 2. The van der Waals surface area contributed by atoms with E-state index in [1.807, 2.05) is 0 Å². The zero-order chi connectivity index (χ0) is 24.0. The lowest BCUT2D eigenvalue weighted by Crippen LogP contribution is -2.41. The normalized spacial score (nSPS) is 20.4. The molecule has 0 radical (unpaired) electrons. The number of alkyl carbamates (subject to hydrolysis) is 1. The van der Waals surface area contributed by atoms with Crippen molar-refractivity contribution in [2.24, 2.45) is 0 Å². The molecule has 1 N–H and O–H groups in total. The fourth-order valence-electron chi connectivity index (χ4n) is 4.10. The molecule has 0 saturated carbocycles. The molecule has 2 unspecified atom stereocenters. The number of hydrogen-bond donors (Lipinski definition) is 1. The molecular formula is C24H25F3N2O4. The standard InChI is InChI=1S/C24H25F3N2O4/c1-23(2,3)33-22(31)28-17-11-18-13-32-20-9-6-15(10-19(20)21(30)29(18)12-17)14-4-7-16(8-5-14)24(25,26)27/h4-10,17-18H,11-13H2,1-3H3,(H,28,31). The first kappa shape index (κ1) is 22.9. The van der Waals surface area contributed by atoms with E-state index >= 15 is 0 Å². The summed E-state index contributed by atoms with van der Waals surface area (Å²) in [6, 6.07) is 9.34. The topological polar surface area (TPSA) is 67.9 Å². The van der Waals surface area contributed by atoms with Gasteiger partial charge in [-0.2, -0.15) is 13.2 Å². The number of nitrogens with one attached hydrogen (secondary N) is 1. The van der Waals surface area contributed by atoms with Crippen LogP contribution in [0, 0.1) is 0 Å². The van der Waals surface area contributed by atoms with Crippen LogP contribution in [0.25, 0.3) is 11.1 Å². The third kappa shape index (κ3) is 5.07. The Labute approximate surface area is 189 Å². The molecule has 0 aliphatic carbocycles. The largest absolute Gasteiger partial charge is 0.491 e. The average molecular weight is 462 g/mol. The second-order valence-corrected chi connectivity index (χ2v) is 9.29. The van der Waals surface area contributed by atoms with Gasteiger partial charge in [-0.1, -0.05) is 18.2 Å². The maximum Gasteiger partial charge on any atom is 0.416 e. The van der Waals surface area contributed by atoms with Crippen LogP contribution in [0.4, 0.5) is 18.0 Å². The Hall–Kier alpha value is -3.23. The minimum absolute atomic E-state index is 0.209. The molecule has 2 aliphatic heterocycles. The highest BCUT2D eigenvalue weighted by Crippen LogP contribution is 2.35. The summed E-state index contributed by atoms with van der Waals surface area (Å²) in [5, 5.41) is 2.81. The number of amides is 2. The second-order valence-electron chi connectivity index (χ2n) is 9.29. The van der Waals surface area contributed by atoms with Crippen LogP contribution in [0.3, 0.4) is 0 Å². The number of hydrogen-bond acceptors (Lipinski definition) is 4. The van der Waals surface area contributed by atoms with E-state index in [0.717, 1.165) is 12.1 Å². The van der Waals surface area contributed by atoms with Crippen LogP contribution in [0.2, 0.25) is 0 Å². The number of benzene rings is 2. The summed E-state index contributed by atoms with van der Waals surface area (Å²) in [6.45, 7) is 5.92. The highest BCUT2D eigenvalue weighted by molar-refractivity contribution is 5.99. The predicted octanol–water partition coefficient (Wildman–Crippen LogP) is 4.87. The minimum atomic E-state index is -4.41. The zero-order valence-corrected chi connectivity index (χ0v) is 18.5. The van der Waals surface area contributed by atoms with Gasteiger partial charge >= 0.3 is 12.3 Å². The van der Waals surface area contributed by atoms with E-state index in [1.165, 1.54) is 12.1 Å². The Kier molecular flexibility index (Phi) is 5.76. The van der Waals surface area contributed by atoms with Crippen molar-refractivity contribution < 1.29 is 32.2 Å². The number of carbonyl (C=O) groups excluding carboxylic acids is 2. The van der Waals surface area contributed by atoms with E-state index in [1.54, 1.807) is 43.9 Å². The van der Waals surface area contributed by atoms with Gasteiger partial charge in [-0.05, 0) is 62.6 Å². The van der Waals surface area contributed by atoms with E-state index in [4.69, 9.17) is 9.47 Å². The molecule has 9 heteroatoms. The van der Waals surface area contributed by atoms with Crippen LogP contribution in [-0.2, 0) is 10.9 Å². The number of alkyl halides is 3. The molecule has 6 nitrogen and oxygen atoms in total. The SMILES string of the molecule is CC(C)(C)OC(=O)NC1CC2COc3ccc(-c4ccc(C(F)(F)F)cc4)cc3C(=O)N2C1. The average Bonchev–Trinajstić information content (AvgIpc) is 3.06.